The number of fused-ring (bicyclic) bond motifs is 1. The summed E-state index contributed by atoms with van der Waals surface area (Å²) in [6, 6.07) is 8.45. The standard InChI is InChI=1S/C12H15NS2/c1-2-14-12-8-5-9-15-11-7-4-3-6-10(11)13-12/h3-4,6-7H,2,5,8-9H2,1H3. The van der Waals surface area contributed by atoms with Crippen molar-refractivity contribution in [1.82, 2.24) is 0 Å². The fraction of sp³-hybridized carbons (Fsp3) is 0.417. The van der Waals surface area contributed by atoms with Gasteiger partial charge in [-0.1, -0.05) is 19.1 Å². The van der Waals surface area contributed by atoms with E-state index >= 15 is 0 Å². The molecule has 0 aromatic heterocycles. The fourth-order valence-electron chi connectivity index (χ4n) is 1.54. The number of hydrogen-bond acceptors (Lipinski definition) is 3. The summed E-state index contributed by atoms with van der Waals surface area (Å²) in [6.45, 7) is 2.19. The van der Waals surface area contributed by atoms with Crippen molar-refractivity contribution in [2.45, 2.75) is 24.7 Å². The first-order chi connectivity index (χ1) is 7.40. The van der Waals surface area contributed by atoms with Crippen LogP contribution in [0.4, 0.5) is 5.69 Å². The molecule has 1 heterocycles. The van der Waals surface area contributed by atoms with E-state index in [0.29, 0.717) is 0 Å². The van der Waals surface area contributed by atoms with Gasteiger partial charge in [0.15, 0.2) is 0 Å². The van der Waals surface area contributed by atoms with E-state index in [1.807, 2.05) is 23.5 Å². The number of thioether (sulfide) groups is 2. The molecule has 0 saturated heterocycles. The Morgan fingerprint density at radius 1 is 1.40 bits per heavy atom. The highest BCUT2D eigenvalue weighted by atomic mass is 32.2. The van der Waals surface area contributed by atoms with Crippen molar-refractivity contribution in [2.24, 2.45) is 4.99 Å². The second kappa shape index (κ2) is 5.61. The van der Waals surface area contributed by atoms with Gasteiger partial charge in [-0.05, 0) is 36.5 Å². The molecule has 2 rings (SSSR count). The Bertz CT molecular complexity index is 360. The number of aliphatic imine (C=N–C) groups is 1. The molecule has 0 amide bonds. The smallest absolute Gasteiger partial charge is 0.0775 e. The minimum atomic E-state index is 1.12. The van der Waals surface area contributed by atoms with Crippen molar-refractivity contribution in [2.75, 3.05) is 11.5 Å². The SMILES string of the molecule is CCSC1=Nc2ccccc2SCCC1. The summed E-state index contributed by atoms with van der Waals surface area (Å²) in [4.78, 5) is 6.07. The lowest BCUT2D eigenvalue weighted by molar-refractivity contribution is 1.01. The van der Waals surface area contributed by atoms with Crippen LogP contribution in [0.5, 0.6) is 0 Å². The van der Waals surface area contributed by atoms with Gasteiger partial charge in [-0.3, -0.25) is 0 Å². The van der Waals surface area contributed by atoms with Gasteiger partial charge in [0.05, 0.1) is 10.7 Å². The Balaban J connectivity index is 2.30. The topological polar surface area (TPSA) is 12.4 Å². The van der Waals surface area contributed by atoms with E-state index in [2.05, 4.69) is 31.2 Å². The van der Waals surface area contributed by atoms with E-state index < -0.39 is 0 Å². The van der Waals surface area contributed by atoms with Crippen LogP contribution in [-0.4, -0.2) is 16.5 Å². The molecule has 0 saturated carbocycles. The summed E-state index contributed by atoms with van der Waals surface area (Å²) < 4.78 is 0. The van der Waals surface area contributed by atoms with Crippen LogP contribution in [0.1, 0.15) is 19.8 Å². The second-order valence-electron chi connectivity index (χ2n) is 3.36. The predicted molar refractivity (Wildman–Crippen MR) is 71.6 cm³/mol. The lowest BCUT2D eigenvalue weighted by Crippen LogP contribution is -1.97. The molecule has 0 radical (unpaired) electrons. The van der Waals surface area contributed by atoms with Crippen molar-refractivity contribution in [3.05, 3.63) is 24.3 Å². The lowest BCUT2D eigenvalue weighted by atomic mass is 10.3. The van der Waals surface area contributed by atoms with Crippen LogP contribution in [0.3, 0.4) is 0 Å². The van der Waals surface area contributed by atoms with Crippen molar-refractivity contribution >= 4 is 34.3 Å². The molecule has 1 aromatic rings. The molecule has 1 aliphatic heterocycles. The molecule has 3 heteroatoms. The third-order valence-electron chi connectivity index (χ3n) is 2.21. The first-order valence-electron chi connectivity index (χ1n) is 5.32. The maximum absolute atomic E-state index is 4.75. The van der Waals surface area contributed by atoms with Gasteiger partial charge in [0, 0.05) is 4.90 Å². The predicted octanol–water partition coefficient (Wildman–Crippen LogP) is 4.36. The van der Waals surface area contributed by atoms with Crippen LogP contribution in [0, 0.1) is 0 Å². The molecule has 0 unspecified atom stereocenters. The van der Waals surface area contributed by atoms with Crippen LogP contribution in [0.15, 0.2) is 34.2 Å². The first kappa shape index (κ1) is 11.1. The van der Waals surface area contributed by atoms with Crippen LogP contribution in [0.25, 0.3) is 0 Å². The van der Waals surface area contributed by atoms with Crippen LogP contribution in [-0.2, 0) is 0 Å². The Hall–Kier alpha value is -0.410. The minimum absolute atomic E-state index is 1.12. The largest absolute Gasteiger partial charge is 0.245 e. The van der Waals surface area contributed by atoms with Gasteiger partial charge in [-0.25, -0.2) is 4.99 Å². The Labute approximate surface area is 99.8 Å². The van der Waals surface area contributed by atoms with E-state index in [1.54, 1.807) is 0 Å². The second-order valence-corrected chi connectivity index (χ2v) is 5.83. The van der Waals surface area contributed by atoms with Crippen molar-refractivity contribution in [3.63, 3.8) is 0 Å². The molecule has 15 heavy (non-hydrogen) atoms. The molecule has 1 nitrogen and oxygen atoms in total. The highest BCUT2D eigenvalue weighted by Gasteiger charge is 2.08. The molecule has 1 aromatic carbocycles. The van der Waals surface area contributed by atoms with Gasteiger partial charge in [0.2, 0.25) is 0 Å². The van der Waals surface area contributed by atoms with Gasteiger partial charge in [0.25, 0.3) is 0 Å². The third kappa shape index (κ3) is 3.02. The number of rotatable bonds is 1. The van der Waals surface area contributed by atoms with Gasteiger partial charge in [-0.2, -0.15) is 0 Å². The number of nitrogens with zero attached hydrogens (tertiary/aromatic N) is 1. The quantitative estimate of drug-likeness (QED) is 0.719. The zero-order valence-electron chi connectivity index (χ0n) is 8.90. The van der Waals surface area contributed by atoms with Crippen molar-refractivity contribution in [3.8, 4) is 0 Å². The first-order valence-corrected chi connectivity index (χ1v) is 7.29. The highest BCUT2D eigenvalue weighted by molar-refractivity contribution is 8.13. The molecular formula is C12H15NS2. The van der Waals surface area contributed by atoms with E-state index in [1.165, 1.54) is 22.1 Å². The molecule has 1 aliphatic rings. The number of para-hydroxylation sites is 1. The molecule has 80 valence electrons. The Morgan fingerprint density at radius 3 is 3.13 bits per heavy atom. The number of hydrogen-bond donors (Lipinski definition) is 0. The van der Waals surface area contributed by atoms with Crippen LogP contribution >= 0.6 is 23.5 Å². The molecule has 0 aliphatic carbocycles. The summed E-state index contributed by atoms with van der Waals surface area (Å²) in [5.41, 5.74) is 1.15. The van der Waals surface area contributed by atoms with E-state index in [-0.39, 0.29) is 0 Å². The Kier molecular flexibility index (Phi) is 4.15. The molecular weight excluding hydrogens is 222 g/mol. The summed E-state index contributed by atoms with van der Waals surface area (Å²) in [7, 11) is 0. The average molecular weight is 237 g/mol. The zero-order valence-corrected chi connectivity index (χ0v) is 10.5. The van der Waals surface area contributed by atoms with E-state index in [0.717, 1.165) is 17.9 Å². The van der Waals surface area contributed by atoms with Gasteiger partial charge >= 0.3 is 0 Å². The maximum Gasteiger partial charge on any atom is 0.0775 e. The monoisotopic (exact) mass is 237 g/mol. The zero-order chi connectivity index (χ0) is 10.5. The molecule has 0 fully saturated rings. The fourth-order valence-corrected chi connectivity index (χ4v) is 3.27. The summed E-state index contributed by atoms with van der Waals surface area (Å²) in [5.74, 6) is 2.33. The van der Waals surface area contributed by atoms with Crippen LogP contribution in [0.2, 0.25) is 0 Å². The highest BCUT2D eigenvalue weighted by Crippen LogP contribution is 2.33. The molecule has 0 atom stereocenters. The van der Waals surface area contributed by atoms with Crippen molar-refractivity contribution in [1.29, 1.82) is 0 Å². The summed E-state index contributed by atoms with van der Waals surface area (Å²) in [5, 5.41) is 1.30. The molecule has 0 spiro atoms. The number of benzene rings is 1. The van der Waals surface area contributed by atoms with Gasteiger partial charge < -0.3 is 0 Å². The average Bonchev–Trinajstić information content (AvgIpc) is 2.22. The third-order valence-corrected chi connectivity index (χ3v) is 4.28. The Morgan fingerprint density at radius 2 is 2.27 bits per heavy atom. The van der Waals surface area contributed by atoms with E-state index in [9.17, 15) is 0 Å². The minimum Gasteiger partial charge on any atom is -0.245 e. The summed E-state index contributed by atoms with van der Waals surface area (Å²) >= 11 is 3.81. The van der Waals surface area contributed by atoms with Crippen LogP contribution < -0.4 is 0 Å². The van der Waals surface area contributed by atoms with Gasteiger partial charge in [0.1, 0.15) is 0 Å². The normalized spacial score (nSPS) is 16.2. The summed E-state index contributed by atoms with van der Waals surface area (Å²) in [6.07, 6.45) is 2.38. The molecule has 0 bridgehead atoms. The van der Waals surface area contributed by atoms with Crippen molar-refractivity contribution < 1.29 is 0 Å². The maximum atomic E-state index is 4.75. The van der Waals surface area contributed by atoms with E-state index in [4.69, 9.17) is 4.99 Å². The molecule has 0 N–H and O–H groups in total. The van der Waals surface area contributed by atoms with Gasteiger partial charge in [-0.15, -0.1) is 23.5 Å². The lowest BCUT2D eigenvalue weighted by Gasteiger charge is -2.12.